The third-order valence-corrected chi connectivity index (χ3v) is 6.82. The van der Waals surface area contributed by atoms with Crippen LogP contribution in [0, 0.1) is 12.8 Å². The lowest BCUT2D eigenvalue weighted by atomic mass is 10.1. The normalized spacial score (nSPS) is 15.7. The molecule has 3 heterocycles. The van der Waals surface area contributed by atoms with Crippen LogP contribution >= 0.6 is 23.1 Å². The number of hydrogen-bond acceptors (Lipinski definition) is 8. The Morgan fingerprint density at radius 1 is 1.25 bits per heavy atom. The molecular weight excluding hydrogens is 450 g/mol. The number of hydrogen-bond donors (Lipinski definition) is 2. The number of benzene rings is 1. The van der Waals surface area contributed by atoms with Crippen LogP contribution in [-0.2, 0) is 20.9 Å². The zero-order valence-electron chi connectivity index (χ0n) is 17.2. The van der Waals surface area contributed by atoms with E-state index in [2.05, 4.69) is 20.8 Å². The van der Waals surface area contributed by atoms with Crippen molar-refractivity contribution in [3.8, 4) is 0 Å². The first-order valence-corrected chi connectivity index (χ1v) is 11.7. The van der Waals surface area contributed by atoms with Crippen molar-refractivity contribution < 1.29 is 18.8 Å². The van der Waals surface area contributed by atoms with Gasteiger partial charge in [0.2, 0.25) is 22.9 Å². The highest BCUT2D eigenvalue weighted by molar-refractivity contribution is 8.01. The molecule has 0 spiro atoms. The van der Waals surface area contributed by atoms with Crippen LogP contribution in [0.2, 0.25) is 0 Å². The van der Waals surface area contributed by atoms with Crippen LogP contribution in [0.3, 0.4) is 0 Å². The average Bonchev–Trinajstić information content (AvgIpc) is 3.53. The van der Waals surface area contributed by atoms with Crippen LogP contribution in [0.4, 0.5) is 10.8 Å². The number of furan rings is 1. The molecule has 0 unspecified atom stereocenters. The molecule has 4 rings (SSSR count). The van der Waals surface area contributed by atoms with E-state index in [1.165, 1.54) is 23.1 Å². The van der Waals surface area contributed by atoms with Crippen molar-refractivity contribution in [1.82, 2.24) is 15.5 Å². The first-order valence-electron chi connectivity index (χ1n) is 9.91. The highest BCUT2D eigenvalue weighted by Crippen LogP contribution is 2.28. The number of rotatable bonds is 8. The van der Waals surface area contributed by atoms with E-state index in [9.17, 15) is 14.4 Å². The predicted molar refractivity (Wildman–Crippen MR) is 121 cm³/mol. The smallest absolute Gasteiger partial charge is 0.231 e. The molecule has 1 atom stereocenters. The minimum absolute atomic E-state index is 0.0805. The van der Waals surface area contributed by atoms with E-state index >= 15 is 0 Å². The number of nitrogens with one attached hydrogen (secondary N) is 2. The largest absolute Gasteiger partial charge is 0.467 e. The quantitative estimate of drug-likeness (QED) is 0.383. The molecule has 0 radical (unpaired) electrons. The predicted octanol–water partition coefficient (Wildman–Crippen LogP) is 2.84. The Labute approximate surface area is 192 Å². The molecule has 1 aliphatic heterocycles. The lowest BCUT2D eigenvalue weighted by molar-refractivity contribution is -0.122. The lowest BCUT2D eigenvalue weighted by Crippen LogP contribution is -2.28. The highest BCUT2D eigenvalue weighted by Gasteiger charge is 2.35. The zero-order chi connectivity index (χ0) is 22.5. The van der Waals surface area contributed by atoms with Crippen LogP contribution in [0.5, 0.6) is 0 Å². The highest BCUT2D eigenvalue weighted by atomic mass is 32.2. The summed E-state index contributed by atoms with van der Waals surface area (Å²) in [6.45, 7) is 2.63. The van der Waals surface area contributed by atoms with Gasteiger partial charge in [0.25, 0.3) is 0 Å². The van der Waals surface area contributed by atoms with Crippen molar-refractivity contribution in [2.75, 3.05) is 22.5 Å². The topological polar surface area (TPSA) is 117 Å². The van der Waals surface area contributed by atoms with Crippen LogP contribution in [-0.4, -0.2) is 40.2 Å². The van der Waals surface area contributed by atoms with Crippen molar-refractivity contribution in [2.45, 2.75) is 24.2 Å². The summed E-state index contributed by atoms with van der Waals surface area (Å²) >= 11 is 2.42. The summed E-state index contributed by atoms with van der Waals surface area (Å²) in [5.41, 5.74) is 1.89. The molecule has 1 fully saturated rings. The summed E-state index contributed by atoms with van der Waals surface area (Å²) in [6.07, 6.45) is 1.70. The molecule has 32 heavy (non-hydrogen) atoms. The number of thioether (sulfide) groups is 1. The van der Waals surface area contributed by atoms with E-state index in [-0.39, 0.29) is 29.9 Å². The maximum atomic E-state index is 12.6. The molecule has 0 saturated carbocycles. The summed E-state index contributed by atoms with van der Waals surface area (Å²) in [6, 6.07) is 11.2. The van der Waals surface area contributed by atoms with E-state index in [1.54, 1.807) is 23.3 Å². The molecular formula is C21H21N5O4S2. The number of carbonyl (C=O) groups is 3. The Balaban J connectivity index is 1.25. The van der Waals surface area contributed by atoms with Gasteiger partial charge in [-0.05, 0) is 31.2 Å². The third-order valence-electron chi connectivity index (χ3n) is 4.84. The molecule has 166 valence electrons. The van der Waals surface area contributed by atoms with Crippen molar-refractivity contribution in [3.63, 3.8) is 0 Å². The van der Waals surface area contributed by atoms with Gasteiger partial charge in [-0.2, -0.15) is 0 Å². The van der Waals surface area contributed by atoms with Crippen LogP contribution in [0.1, 0.15) is 17.7 Å². The fourth-order valence-electron chi connectivity index (χ4n) is 3.16. The fraction of sp³-hybridized carbons (Fsp3) is 0.286. The second-order valence-corrected chi connectivity index (χ2v) is 9.45. The molecule has 1 aromatic carbocycles. The van der Waals surface area contributed by atoms with Crippen molar-refractivity contribution >= 4 is 51.6 Å². The first-order chi connectivity index (χ1) is 15.5. The molecule has 2 N–H and O–H groups in total. The third kappa shape index (κ3) is 5.54. The van der Waals surface area contributed by atoms with Gasteiger partial charge in [0.1, 0.15) is 5.76 Å². The Morgan fingerprint density at radius 3 is 2.81 bits per heavy atom. The van der Waals surface area contributed by atoms with Gasteiger partial charge >= 0.3 is 0 Å². The lowest BCUT2D eigenvalue weighted by Gasteiger charge is -2.16. The molecule has 0 aliphatic carbocycles. The number of carbonyl (C=O) groups excluding carboxylic acids is 3. The zero-order valence-corrected chi connectivity index (χ0v) is 18.9. The SMILES string of the molecule is Cc1ccc(N2C[C@H](C(=O)Nc3nnc(SCC(=O)NCc4ccco4)s3)CC2=O)cc1. The molecule has 3 aromatic rings. The summed E-state index contributed by atoms with van der Waals surface area (Å²) in [5.74, 6) is -0.120. The van der Waals surface area contributed by atoms with Gasteiger partial charge in [-0.3, -0.25) is 14.4 Å². The number of amides is 3. The molecule has 2 aromatic heterocycles. The standard InChI is InChI=1S/C21H21N5O4S2/c1-13-4-6-15(7-5-13)26-11-14(9-18(26)28)19(29)23-20-24-25-21(32-20)31-12-17(27)22-10-16-3-2-8-30-16/h2-8,14H,9-12H2,1H3,(H,22,27)(H,23,24,29)/t14-/m1/s1. The van der Waals surface area contributed by atoms with Crippen molar-refractivity contribution in [2.24, 2.45) is 5.92 Å². The van der Waals surface area contributed by atoms with Crippen molar-refractivity contribution in [1.29, 1.82) is 0 Å². The molecule has 0 bridgehead atoms. The summed E-state index contributed by atoms with van der Waals surface area (Å²) < 4.78 is 5.73. The van der Waals surface area contributed by atoms with E-state index < -0.39 is 5.92 Å². The van der Waals surface area contributed by atoms with Gasteiger partial charge in [-0.1, -0.05) is 40.8 Å². The summed E-state index contributed by atoms with van der Waals surface area (Å²) in [4.78, 5) is 38.6. The Hall–Kier alpha value is -3.18. The van der Waals surface area contributed by atoms with Crippen LogP contribution in [0.15, 0.2) is 51.4 Å². The fourth-order valence-corrected chi connectivity index (χ4v) is 4.75. The monoisotopic (exact) mass is 471 g/mol. The molecule has 11 heteroatoms. The number of aromatic nitrogens is 2. The van der Waals surface area contributed by atoms with Gasteiger partial charge < -0.3 is 20.0 Å². The molecule has 9 nitrogen and oxygen atoms in total. The maximum absolute atomic E-state index is 12.6. The first kappa shape index (κ1) is 22.0. The van der Waals surface area contributed by atoms with Crippen molar-refractivity contribution in [3.05, 3.63) is 54.0 Å². The summed E-state index contributed by atoms with van der Waals surface area (Å²) in [7, 11) is 0. The Kier molecular flexibility index (Phi) is 6.86. The minimum Gasteiger partial charge on any atom is -0.467 e. The van der Waals surface area contributed by atoms with E-state index in [1.807, 2.05) is 31.2 Å². The van der Waals surface area contributed by atoms with Crippen LogP contribution in [0.25, 0.3) is 0 Å². The Bertz CT molecular complexity index is 1100. The minimum atomic E-state index is -0.462. The number of anilines is 2. The second kappa shape index (κ2) is 9.96. The molecule has 1 saturated heterocycles. The van der Waals surface area contributed by atoms with Gasteiger partial charge in [0.05, 0.1) is 24.5 Å². The average molecular weight is 472 g/mol. The van der Waals surface area contributed by atoms with Gasteiger partial charge in [0, 0.05) is 18.7 Å². The van der Waals surface area contributed by atoms with E-state index in [4.69, 9.17) is 4.42 Å². The Morgan fingerprint density at radius 2 is 2.06 bits per heavy atom. The number of nitrogens with zero attached hydrogens (tertiary/aromatic N) is 3. The number of aryl methyl sites for hydroxylation is 1. The summed E-state index contributed by atoms with van der Waals surface area (Å²) in [5, 5.41) is 13.8. The van der Waals surface area contributed by atoms with Gasteiger partial charge in [-0.15, -0.1) is 10.2 Å². The van der Waals surface area contributed by atoms with Crippen LogP contribution < -0.4 is 15.5 Å². The molecule has 3 amide bonds. The van der Waals surface area contributed by atoms with Gasteiger partial charge in [-0.25, -0.2) is 0 Å². The van der Waals surface area contributed by atoms with E-state index in [0.29, 0.717) is 28.3 Å². The van der Waals surface area contributed by atoms with E-state index in [0.717, 1.165) is 11.3 Å². The van der Waals surface area contributed by atoms with Gasteiger partial charge in [0.15, 0.2) is 4.34 Å². The maximum Gasteiger partial charge on any atom is 0.231 e. The second-order valence-electron chi connectivity index (χ2n) is 7.25. The molecule has 1 aliphatic rings.